The fourth-order valence-electron chi connectivity index (χ4n) is 0.487. The van der Waals surface area contributed by atoms with Crippen LogP contribution in [0.4, 0.5) is 0 Å². The van der Waals surface area contributed by atoms with Gasteiger partial charge in [0.05, 0.1) is 6.04 Å². The molecule has 3 N–H and O–H groups in total. The van der Waals surface area contributed by atoms with Gasteiger partial charge in [0.1, 0.15) is 5.78 Å². The Morgan fingerprint density at radius 1 is 1.70 bits per heavy atom. The van der Waals surface area contributed by atoms with E-state index in [9.17, 15) is 4.79 Å². The highest BCUT2D eigenvalue weighted by molar-refractivity contribution is 5.81. The van der Waals surface area contributed by atoms with Crippen molar-refractivity contribution < 1.29 is 4.79 Å². The van der Waals surface area contributed by atoms with Gasteiger partial charge in [-0.25, -0.2) is 0 Å². The summed E-state index contributed by atoms with van der Waals surface area (Å²) >= 11 is 0. The van der Waals surface area contributed by atoms with Crippen molar-refractivity contribution in [3.05, 3.63) is 13.2 Å². The Bertz CT molecular complexity index is 89.6. The van der Waals surface area contributed by atoms with Crippen LogP contribution in [0.2, 0.25) is 0 Å². The Morgan fingerprint density at radius 3 is 2.10 bits per heavy atom. The number of hydrogen-bond acceptors (Lipinski definition) is 3. The summed E-state index contributed by atoms with van der Waals surface area (Å²) in [6.07, 6.45) is 0. The first-order chi connectivity index (χ1) is 4.72. The Labute approximate surface area is 62.3 Å². The van der Waals surface area contributed by atoms with Gasteiger partial charge in [-0.3, -0.25) is 4.79 Å². The summed E-state index contributed by atoms with van der Waals surface area (Å²) in [5, 5.41) is 2.78. The molecule has 0 heterocycles. The van der Waals surface area contributed by atoms with Gasteiger partial charge in [0.25, 0.3) is 0 Å². The van der Waals surface area contributed by atoms with E-state index in [0.717, 1.165) is 0 Å². The van der Waals surface area contributed by atoms with E-state index in [4.69, 9.17) is 5.73 Å². The van der Waals surface area contributed by atoms with Gasteiger partial charge in [0.2, 0.25) is 0 Å². The van der Waals surface area contributed by atoms with Crippen LogP contribution in [0.1, 0.15) is 6.92 Å². The number of ketones is 1. The van der Waals surface area contributed by atoms with E-state index in [-0.39, 0.29) is 11.8 Å². The molecule has 0 aliphatic heterocycles. The number of likely N-dealkylation sites (N-methyl/N-ethyl adjacent to an activating group) is 1. The molecule has 10 heavy (non-hydrogen) atoms. The lowest BCUT2D eigenvalue weighted by Gasteiger charge is -2.07. The molecule has 0 aromatic rings. The van der Waals surface area contributed by atoms with Crippen LogP contribution in [0.3, 0.4) is 0 Å². The van der Waals surface area contributed by atoms with Gasteiger partial charge in [0, 0.05) is 6.54 Å². The first kappa shape index (κ1) is 12.0. The van der Waals surface area contributed by atoms with E-state index in [2.05, 4.69) is 18.5 Å². The van der Waals surface area contributed by atoms with E-state index in [1.54, 1.807) is 7.05 Å². The zero-order valence-corrected chi connectivity index (χ0v) is 6.68. The van der Waals surface area contributed by atoms with E-state index >= 15 is 0 Å². The number of carbonyl (C=O) groups excluding carboxylic acids is 1. The van der Waals surface area contributed by atoms with Crippen molar-refractivity contribution >= 4 is 5.78 Å². The summed E-state index contributed by atoms with van der Waals surface area (Å²) < 4.78 is 0. The predicted molar refractivity (Wildman–Crippen MR) is 43.8 cm³/mol. The molecule has 0 radical (unpaired) electrons. The van der Waals surface area contributed by atoms with Crippen LogP contribution in [0.25, 0.3) is 0 Å². The zero-order chi connectivity index (χ0) is 8.57. The van der Waals surface area contributed by atoms with Crippen LogP contribution < -0.4 is 11.1 Å². The van der Waals surface area contributed by atoms with Gasteiger partial charge in [-0.2, -0.15) is 0 Å². The van der Waals surface area contributed by atoms with Gasteiger partial charge in [-0.1, -0.05) is 0 Å². The molecule has 3 heteroatoms. The first-order valence-corrected chi connectivity index (χ1v) is 3.10. The molecule has 0 rings (SSSR count). The maximum absolute atomic E-state index is 10.5. The molecule has 0 spiro atoms. The molecular formula is C7H16N2O. The summed E-state index contributed by atoms with van der Waals surface area (Å²) in [5.74, 6) is 0.0926. The third-order valence-corrected chi connectivity index (χ3v) is 1.07. The van der Waals surface area contributed by atoms with Crippen molar-refractivity contribution in [2.75, 3.05) is 13.6 Å². The highest BCUT2D eigenvalue weighted by atomic mass is 16.1. The van der Waals surface area contributed by atoms with Crippen LogP contribution in [-0.4, -0.2) is 25.4 Å². The maximum Gasteiger partial charge on any atom is 0.147 e. The van der Waals surface area contributed by atoms with Crippen molar-refractivity contribution in [3.8, 4) is 0 Å². The smallest absolute Gasteiger partial charge is 0.147 e. The van der Waals surface area contributed by atoms with Gasteiger partial charge >= 0.3 is 0 Å². The molecule has 0 bridgehead atoms. The Morgan fingerprint density at radius 2 is 2.10 bits per heavy atom. The Hall–Kier alpha value is -0.670. The van der Waals surface area contributed by atoms with E-state index in [0.29, 0.717) is 6.54 Å². The molecular weight excluding hydrogens is 128 g/mol. The number of Topliss-reactive ketones (excluding diaryl/α,β-unsaturated/α-hetero) is 1. The largest absolute Gasteiger partial charge is 0.328 e. The van der Waals surface area contributed by atoms with Gasteiger partial charge in [-0.15, -0.1) is 13.2 Å². The number of rotatable bonds is 3. The zero-order valence-electron chi connectivity index (χ0n) is 6.68. The minimum atomic E-state index is -0.157. The quantitative estimate of drug-likeness (QED) is 0.545. The molecule has 0 saturated carbocycles. The molecule has 60 valence electrons. The topological polar surface area (TPSA) is 55.1 Å². The monoisotopic (exact) mass is 144 g/mol. The minimum absolute atomic E-state index is 0.0926. The third kappa shape index (κ3) is 5.47. The predicted octanol–water partition coefficient (Wildman–Crippen LogP) is -0.0757. The number of nitrogens with two attached hydrogens (primary N) is 1. The molecule has 0 aliphatic rings. The summed E-state index contributed by atoms with van der Waals surface area (Å²) in [6.45, 7) is 7.90. The Balaban J connectivity index is 0. The fraction of sp³-hybridized carbons (Fsp3) is 0.571. The lowest BCUT2D eigenvalue weighted by atomic mass is 10.2. The molecule has 0 aromatic carbocycles. The average Bonchev–Trinajstić information content (AvgIpc) is 1.94. The van der Waals surface area contributed by atoms with Crippen molar-refractivity contribution in [1.82, 2.24) is 5.32 Å². The van der Waals surface area contributed by atoms with E-state index in [1.165, 1.54) is 6.92 Å². The highest BCUT2D eigenvalue weighted by Crippen LogP contribution is 1.77. The molecule has 1 unspecified atom stereocenters. The van der Waals surface area contributed by atoms with Crippen LogP contribution >= 0.6 is 0 Å². The SMILES string of the molecule is C=C.CNC(CN)C(C)=O. The lowest BCUT2D eigenvalue weighted by Crippen LogP contribution is -2.39. The van der Waals surface area contributed by atoms with Crippen LogP contribution in [0.15, 0.2) is 13.2 Å². The summed E-state index contributed by atoms with van der Waals surface area (Å²) in [6, 6.07) is -0.157. The molecule has 0 fully saturated rings. The summed E-state index contributed by atoms with van der Waals surface area (Å²) in [4.78, 5) is 10.5. The van der Waals surface area contributed by atoms with Crippen molar-refractivity contribution in [2.24, 2.45) is 5.73 Å². The van der Waals surface area contributed by atoms with Gasteiger partial charge < -0.3 is 11.1 Å². The number of carbonyl (C=O) groups is 1. The van der Waals surface area contributed by atoms with Crippen molar-refractivity contribution in [3.63, 3.8) is 0 Å². The second kappa shape index (κ2) is 8.33. The van der Waals surface area contributed by atoms with Gasteiger partial charge in [-0.05, 0) is 14.0 Å². The minimum Gasteiger partial charge on any atom is -0.328 e. The van der Waals surface area contributed by atoms with E-state index in [1.807, 2.05) is 0 Å². The normalized spacial score (nSPS) is 11.1. The maximum atomic E-state index is 10.5. The van der Waals surface area contributed by atoms with E-state index < -0.39 is 0 Å². The molecule has 3 nitrogen and oxygen atoms in total. The first-order valence-electron chi connectivity index (χ1n) is 3.10. The average molecular weight is 144 g/mol. The fourth-order valence-corrected chi connectivity index (χ4v) is 0.487. The second-order valence-corrected chi connectivity index (χ2v) is 1.69. The summed E-state index contributed by atoms with van der Waals surface area (Å²) in [7, 11) is 1.72. The molecule has 1 atom stereocenters. The third-order valence-electron chi connectivity index (χ3n) is 1.07. The van der Waals surface area contributed by atoms with Crippen LogP contribution in [0.5, 0.6) is 0 Å². The highest BCUT2D eigenvalue weighted by Gasteiger charge is 2.06. The Kier molecular flexibility index (Phi) is 10.0. The van der Waals surface area contributed by atoms with Gasteiger partial charge in [0.15, 0.2) is 0 Å². The molecule has 0 saturated heterocycles. The molecule has 0 aliphatic carbocycles. The number of hydrogen-bond donors (Lipinski definition) is 2. The lowest BCUT2D eigenvalue weighted by molar-refractivity contribution is -0.118. The number of nitrogens with one attached hydrogen (secondary N) is 1. The second-order valence-electron chi connectivity index (χ2n) is 1.69. The van der Waals surface area contributed by atoms with Crippen LogP contribution in [0, 0.1) is 0 Å². The van der Waals surface area contributed by atoms with Crippen LogP contribution in [-0.2, 0) is 4.79 Å². The summed E-state index contributed by atoms with van der Waals surface area (Å²) in [5.41, 5.74) is 5.20. The van der Waals surface area contributed by atoms with Crippen molar-refractivity contribution in [1.29, 1.82) is 0 Å². The molecule has 0 amide bonds. The van der Waals surface area contributed by atoms with Crippen molar-refractivity contribution in [2.45, 2.75) is 13.0 Å². The standard InChI is InChI=1S/C5H12N2O.C2H4/c1-4(8)5(3-6)7-2;1-2/h5,7H,3,6H2,1-2H3;1-2H2. The molecule has 0 aromatic heterocycles.